The van der Waals surface area contributed by atoms with Gasteiger partial charge in [-0.3, -0.25) is 0 Å². The van der Waals surface area contributed by atoms with E-state index >= 15 is 0 Å². The van der Waals surface area contributed by atoms with E-state index in [1.54, 1.807) is 13.0 Å². The highest BCUT2D eigenvalue weighted by Gasteiger charge is 2.20. The number of carbonyl (C=O) groups excluding carboxylic acids is 1. The number of carbonyl (C=O) groups is 1. The molecule has 0 aliphatic rings. The Bertz CT molecular complexity index is 539. The molecule has 0 saturated heterocycles. The van der Waals surface area contributed by atoms with Crippen LogP contribution in [0.4, 0.5) is 4.79 Å². The lowest BCUT2D eigenvalue weighted by atomic mass is 10.2. The molecule has 4 nitrogen and oxygen atoms in total. The summed E-state index contributed by atoms with van der Waals surface area (Å²) >= 11 is 1.37. The SMILES string of the molecule is CC=C=C(CO)N(SCCCCCC)C(=O)OCc1ccccc1. The number of hydrogen-bond donors (Lipinski definition) is 1. The molecule has 1 N–H and O–H groups in total. The number of amides is 1. The minimum Gasteiger partial charge on any atom is -0.444 e. The van der Waals surface area contributed by atoms with Crippen LogP contribution in [0, 0.1) is 0 Å². The van der Waals surface area contributed by atoms with Crippen molar-refractivity contribution in [3.63, 3.8) is 0 Å². The summed E-state index contributed by atoms with van der Waals surface area (Å²) in [6.07, 6.45) is 5.73. The molecule has 24 heavy (non-hydrogen) atoms. The summed E-state index contributed by atoms with van der Waals surface area (Å²) in [4.78, 5) is 12.4. The van der Waals surface area contributed by atoms with Gasteiger partial charge in [-0.05, 0) is 36.9 Å². The van der Waals surface area contributed by atoms with Crippen molar-refractivity contribution in [1.29, 1.82) is 0 Å². The van der Waals surface area contributed by atoms with Crippen LogP contribution in [0.5, 0.6) is 0 Å². The molecule has 0 fully saturated rings. The van der Waals surface area contributed by atoms with Crippen molar-refractivity contribution in [2.45, 2.75) is 46.1 Å². The number of hydrogen-bond acceptors (Lipinski definition) is 4. The van der Waals surface area contributed by atoms with E-state index in [4.69, 9.17) is 4.74 Å². The molecule has 1 amide bonds. The maximum atomic E-state index is 12.4. The van der Waals surface area contributed by atoms with Gasteiger partial charge in [-0.25, -0.2) is 9.10 Å². The second kappa shape index (κ2) is 12.7. The molecule has 1 aromatic rings. The van der Waals surface area contributed by atoms with Gasteiger partial charge in [0, 0.05) is 5.75 Å². The first-order chi connectivity index (χ1) is 11.7. The van der Waals surface area contributed by atoms with E-state index in [0.717, 1.165) is 24.2 Å². The van der Waals surface area contributed by atoms with E-state index in [1.165, 1.54) is 29.1 Å². The third-order valence-electron chi connectivity index (χ3n) is 3.30. The van der Waals surface area contributed by atoms with Crippen molar-refractivity contribution in [3.8, 4) is 0 Å². The minimum atomic E-state index is -0.474. The predicted octanol–water partition coefficient (Wildman–Crippen LogP) is 4.90. The minimum absolute atomic E-state index is 0.209. The maximum Gasteiger partial charge on any atom is 0.425 e. The van der Waals surface area contributed by atoms with Gasteiger partial charge in [-0.15, -0.1) is 5.73 Å². The van der Waals surface area contributed by atoms with Crippen molar-refractivity contribution in [1.82, 2.24) is 4.31 Å². The van der Waals surface area contributed by atoms with E-state index in [2.05, 4.69) is 12.7 Å². The van der Waals surface area contributed by atoms with E-state index in [1.807, 2.05) is 30.3 Å². The van der Waals surface area contributed by atoms with Crippen LogP contribution < -0.4 is 0 Å². The number of benzene rings is 1. The molecular formula is C19H27NO3S. The number of unbranched alkanes of at least 4 members (excludes halogenated alkanes) is 3. The fraction of sp³-hybridized carbons (Fsp3) is 0.474. The summed E-state index contributed by atoms with van der Waals surface area (Å²) in [7, 11) is 0. The Balaban J connectivity index is 2.64. The van der Waals surface area contributed by atoms with Crippen LogP contribution in [-0.2, 0) is 11.3 Å². The lowest BCUT2D eigenvalue weighted by Crippen LogP contribution is -2.26. The van der Waals surface area contributed by atoms with Crippen LogP contribution in [-0.4, -0.2) is 27.9 Å². The van der Waals surface area contributed by atoms with Gasteiger partial charge >= 0.3 is 6.09 Å². The van der Waals surface area contributed by atoms with Crippen LogP contribution in [0.2, 0.25) is 0 Å². The highest BCUT2D eigenvalue weighted by molar-refractivity contribution is 7.97. The first-order valence-corrected chi connectivity index (χ1v) is 9.32. The van der Waals surface area contributed by atoms with Crippen molar-refractivity contribution in [3.05, 3.63) is 53.4 Å². The lowest BCUT2D eigenvalue weighted by Gasteiger charge is -2.21. The second-order valence-corrected chi connectivity index (χ2v) is 6.30. The second-order valence-electron chi connectivity index (χ2n) is 5.27. The molecule has 1 rings (SSSR count). The average molecular weight is 349 g/mol. The van der Waals surface area contributed by atoms with Gasteiger partial charge in [0.1, 0.15) is 12.3 Å². The van der Waals surface area contributed by atoms with E-state index in [-0.39, 0.29) is 13.2 Å². The molecular weight excluding hydrogens is 322 g/mol. The van der Waals surface area contributed by atoms with Crippen molar-refractivity contribution < 1.29 is 14.6 Å². The van der Waals surface area contributed by atoms with Crippen molar-refractivity contribution in [2.75, 3.05) is 12.4 Å². The fourth-order valence-electron chi connectivity index (χ4n) is 2.04. The summed E-state index contributed by atoms with van der Waals surface area (Å²) in [5, 5.41) is 9.52. The summed E-state index contributed by atoms with van der Waals surface area (Å²) in [5.74, 6) is 0.801. The zero-order valence-corrected chi connectivity index (χ0v) is 15.3. The Morgan fingerprint density at radius 3 is 2.67 bits per heavy atom. The Hall–Kier alpha value is -1.68. The predicted molar refractivity (Wildman–Crippen MR) is 99.4 cm³/mol. The first-order valence-electron chi connectivity index (χ1n) is 8.37. The van der Waals surface area contributed by atoms with E-state index in [0.29, 0.717) is 5.70 Å². The Morgan fingerprint density at radius 2 is 2.04 bits per heavy atom. The normalized spacial score (nSPS) is 9.96. The molecule has 0 atom stereocenters. The molecule has 132 valence electrons. The molecule has 0 aliphatic carbocycles. The van der Waals surface area contributed by atoms with Crippen LogP contribution in [0.3, 0.4) is 0 Å². The molecule has 0 spiro atoms. The van der Waals surface area contributed by atoms with Gasteiger partial charge in [0.15, 0.2) is 0 Å². The number of rotatable bonds is 10. The largest absolute Gasteiger partial charge is 0.444 e. The monoisotopic (exact) mass is 349 g/mol. The third-order valence-corrected chi connectivity index (χ3v) is 4.39. The topological polar surface area (TPSA) is 49.8 Å². The van der Waals surface area contributed by atoms with Gasteiger partial charge < -0.3 is 9.84 Å². The Kier molecular flexibility index (Phi) is 10.8. The van der Waals surface area contributed by atoms with Gasteiger partial charge in [0.25, 0.3) is 0 Å². The number of aliphatic hydroxyl groups excluding tert-OH is 1. The summed E-state index contributed by atoms with van der Waals surface area (Å²) in [6, 6.07) is 9.54. The third kappa shape index (κ3) is 7.73. The van der Waals surface area contributed by atoms with Crippen LogP contribution in [0.25, 0.3) is 0 Å². The molecule has 0 radical (unpaired) electrons. The number of aliphatic hydroxyl groups is 1. The van der Waals surface area contributed by atoms with Gasteiger partial charge in [0.05, 0.1) is 6.61 Å². The Labute approximate surface area is 149 Å². The molecule has 5 heteroatoms. The number of nitrogens with zero attached hydrogens (tertiary/aromatic N) is 1. The smallest absolute Gasteiger partial charge is 0.425 e. The standard InChI is InChI=1S/C19H27NO3S/c1-3-5-6-10-14-24-20(18(15-21)11-4-2)19(22)23-16-17-12-8-7-9-13-17/h4,7-9,12-13,21H,3,5-6,10,14-16H2,1-2H3. The average Bonchev–Trinajstić information content (AvgIpc) is 2.62. The van der Waals surface area contributed by atoms with Crippen LogP contribution in [0.1, 0.15) is 45.1 Å². The summed E-state index contributed by atoms with van der Waals surface area (Å²) in [5.41, 5.74) is 4.25. The molecule has 0 unspecified atom stereocenters. The van der Waals surface area contributed by atoms with Crippen molar-refractivity contribution >= 4 is 18.0 Å². The van der Waals surface area contributed by atoms with Gasteiger partial charge in [-0.1, -0.05) is 56.5 Å². The zero-order valence-electron chi connectivity index (χ0n) is 14.5. The number of ether oxygens (including phenoxy) is 1. The highest BCUT2D eigenvalue weighted by atomic mass is 32.2. The van der Waals surface area contributed by atoms with Crippen LogP contribution in [0.15, 0.2) is 47.8 Å². The highest BCUT2D eigenvalue weighted by Crippen LogP contribution is 2.21. The van der Waals surface area contributed by atoms with E-state index in [9.17, 15) is 9.90 Å². The van der Waals surface area contributed by atoms with Crippen molar-refractivity contribution in [2.24, 2.45) is 0 Å². The lowest BCUT2D eigenvalue weighted by molar-refractivity contribution is 0.124. The summed E-state index contributed by atoms with van der Waals surface area (Å²) in [6.45, 7) is 3.92. The molecule has 0 aromatic heterocycles. The molecule has 0 saturated carbocycles. The fourth-order valence-corrected chi connectivity index (χ4v) is 2.98. The maximum absolute atomic E-state index is 12.4. The quantitative estimate of drug-likeness (QED) is 0.371. The van der Waals surface area contributed by atoms with Gasteiger partial charge in [-0.2, -0.15) is 0 Å². The van der Waals surface area contributed by atoms with E-state index < -0.39 is 6.09 Å². The zero-order chi connectivity index (χ0) is 17.6. The first kappa shape index (κ1) is 20.4. The van der Waals surface area contributed by atoms with Gasteiger partial charge in [0.2, 0.25) is 0 Å². The van der Waals surface area contributed by atoms with Crippen LogP contribution >= 0.6 is 11.9 Å². The molecule has 0 bridgehead atoms. The summed E-state index contributed by atoms with van der Waals surface area (Å²) < 4.78 is 6.79. The molecule has 0 aliphatic heterocycles. The molecule has 0 heterocycles. The molecule has 1 aromatic carbocycles. The Morgan fingerprint density at radius 1 is 1.29 bits per heavy atom.